The third-order valence-corrected chi connectivity index (χ3v) is 4.43. The first kappa shape index (κ1) is 18.1. The molecule has 0 aromatic heterocycles. The molecule has 0 aliphatic heterocycles. The molecular formula is C15H14F3NO4S. The van der Waals surface area contributed by atoms with Gasteiger partial charge >= 0.3 is 6.36 Å². The quantitative estimate of drug-likeness (QED) is 0.859. The Morgan fingerprint density at radius 1 is 1.04 bits per heavy atom. The summed E-state index contributed by atoms with van der Waals surface area (Å²) >= 11 is 0. The molecule has 2 aromatic rings. The van der Waals surface area contributed by atoms with Crippen LogP contribution in [-0.2, 0) is 16.6 Å². The molecule has 0 saturated heterocycles. The molecule has 5 nitrogen and oxygen atoms in total. The summed E-state index contributed by atoms with van der Waals surface area (Å²) in [4.78, 5) is -0.174. The van der Waals surface area contributed by atoms with Gasteiger partial charge in [0.25, 0.3) is 0 Å². The van der Waals surface area contributed by atoms with Crippen molar-refractivity contribution < 1.29 is 31.1 Å². The number of hydrogen-bond donors (Lipinski definition) is 1. The number of hydrogen-bond acceptors (Lipinski definition) is 4. The first-order chi connectivity index (χ1) is 11.2. The Kier molecular flexibility index (Phi) is 5.35. The molecule has 24 heavy (non-hydrogen) atoms. The van der Waals surface area contributed by atoms with E-state index in [2.05, 4.69) is 9.46 Å². The van der Waals surface area contributed by atoms with Crippen LogP contribution in [0.3, 0.4) is 0 Å². The van der Waals surface area contributed by atoms with Gasteiger partial charge in [-0.05, 0) is 30.3 Å². The van der Waals surface area contributed by atoms with Crippen LogP contribution in [-0.4, -0.2) is 21.9 Å². The number of benzene rings is 2. The Morgan fingerprint density at radius 2 is 1.67 bits per heavy atom. The number of halogens is 3. The maximum Gasteiger partial charge on any atom is 0.573 e. The van der Waals surface area contributed by atoms with E-state index in [-0.39, 0.29) is 11.4 Å². The molecule has 9 heteroatoms. The molecule has 0 fully saturated rings. The Morgan fingerprint density at radius 3 is 2.25 bits per heavy atom. The van der Waals surface area contributed by atoms with E-state index in [9.17, 15) is 21.6 Å². The van der Waals surface area contributed by atoms with E-state index < -0.39 is 22.1 Å². The molecule has 0 amide bonds. The number of para-hydroxylation sites is 1. The van der Waals surface area contributed by atoms with Crippen LogP contribution >= 0.6 is 0 Å². The van der Waals surface area contributed by atoms with E-state index in [0.717, 1.165) is 24.3 Å². The average molecular weight is 361 g/mol. The van der Waals surface area contributed by atoms with Gasteiger partial charge in [0, 0.05) is 12.1 Å². The molecule has 0 aliphatic rings. The molecule has 2 aromatic carbocycles. The number of sulfonamides is 1. The van der Waals surface area contributed by atoms with Crippen LogP contribution < -0.4 is 14.2 Å². The fourth-order valence-electron chi connectivity index (χ4n) is 1.93. The summed E-state index contributed by atoms with van der Waals surface area (Å²) in [5, 5.41) is 0. The SMILES string of the molecule is COc1ccccc1CNS(=O)(=O)c1ccc(OC(F)(F)F)cc1. The van der Waals surface area contributed by atoms with Crippen molar-refractivity contribution in [2.45, 2.75) is 17.8 Å². The summed E-state index contributed by atoms with van der Waals surface area (Å²) in [5.74, 6) is 0.0281. The minimum atomic E-state index is -4.83. The van der Waals surface area contributed by atoms with Gasteiger partial charge in [-0.3, -0.25) is 0 Å². The zero-order valence-corrected chi connectivity index (χ0v) is 13.3. The standard InChI is InChI=1S/C15H14F3NO4S/c1-22-14-5-3-2-4-11(14)10-19-24(20,21)13-8-6-12(7-9-13)23-15(16,17)18/h2-9,19H,10H2,1H3. The van der Waals surface area contributed by atoms with E-state index in [1.54, 1.807) is 24.3 Å². The molecule has 0 unspecified atom stereocenters. The normalized spacial score (nSPS) is 12.0. The molecule has 0 atom stereocenters. The average Bonchev–Trinajstić information content (AvgIpc) is 2.52. The van der Waals surface area contributed by atoms with E-state index in [0.29, 0.717) is 11.3 Å². The van der Waals surface area contributed by atoms with Crippen LogP contribution in [0, 0.1) is 0 Å². The maximum absolute atomic E-state index is 12.2. The highest BCUT2D eigenvalue weighted by atomic mass is 32.2. The van der Waals surface area contributed by atoms with Gasteiger partial charge in [-0.1, -0.05) is 18.2 Å². The number of methoxy groups -OCH3 is 1. The monoisotopic (exact) mass is 361 g/mol. The van der Waals surface area contributed by atoms with Gasteiger partial charge in [0.15, 0.2) is 0 Å². The van der Waals surface area contributed by atoms with Crippen LogP contribution in [0.1, 0.15) is 5.56 Å². The molecule has 130 valence electrons. The van der Waals surface area contributed by atoms with Crippen molar-refractivity contribution in [3.63, 3.8) is 0 Å². The van der Waals surface area contributed by atoms with Crippen molar-refractivity contribution in [1.82, 2.24) is 4.72 Å². The third-order valence-electron chi connectivity index (χ3n) is 3.01. The Bertz CT molecular complexity index is 789. The summed E-state index contributed by atoms with van der Waals surface area (Å²) in [6.45, 7) is -0.0207. The third kappa shape index (κ3) is 4.87. The predicted octanol–water partition coefficient (Wildman–Crippen LogP) is 3.07. The predicted molar refractivity (Wildman–Crippen MR) is 80.1 cm³/mol. The van der Waals surface area contributed by atoms with Crippen LogP contribution in [0.2, 0.25) is 0 Å². The second-order valence-corrected chi connectivity index (χ2v) is 6.42. The second kappa shape index (κ2) is 7.10. The van der Waals surface area contributed by atoms with Crippen molar-refractivity contribution in [3.8, 4) is 11.5 Å². The fraction of sp³-hybridized carbons (Fsp3) is 0.200. The minimum Gasteiger partial charge on any atom is -0.496 e. The molecule has 0 saturated carbocycles. The molecule has 0 heterocycles. The summed E-state index contributed by atoms with van der Waals surface area (Å²) in [7, 11) is -2.42. The van der Waals surface area contributed by atoms with E-state index >= 15 is 0 Å². The van der Waals surface area contributed by atoms with Crippen molar-refractivity contribution in [2.24, 2.45) is 0 Å². The van der Waals surface area contributed by atoms with E-state index in [4.69, 9.17) is 4.74 Å². The van der Waals surface area contributed by atoms with Crippen LogP contribution in [0.4, 0.5) is 13.2 Å². The fourth-order valence-corrected chi connectivity index (χ4v) is 2.93. The Hall–Kier alpha value is -2.26. The van der Waals surface area contributed by atoms with Gasteiger partial charge in [-0.2, -0.15) is 0 Å². The largest absolute Gasteiger partial charge is 0.573 e. The minimum absolute atomic E-state index is 0.0207. The van der Waals surface area contributed by atoms with Gasteiger partial charge in [0.05, 0.1) is 12.0 Å². The van der Waals surface area contributed by atoms with Gasteiger partial charge in [-0.25, -0.2) is 13.1 Å². The van der Waals surface area contributed by atoms with Crippen molar-refractivity contribution in [3.05, 3.63) is 54.1 Å². The lowest BCUT2D eigenvalue weighted by Crippen LogP contribution is -2.23. The highest BCUT2D eigenvalue weighted by Gasteiger charge is 2.31. The van der Waals surface area contributed by atoms with E-state index in [1.807, 2.05) is 0 Å². The topological polar surface area (TPSA) is 64.6 Å². The number of rotatable bonds is 6. The first-order valence-electron chi connectivity index (χ1n) is 6.68. The molecule has 2 rings (SSSR count). The molecule has 0 aliphatic carbocycles. The number of ether oxygens (including phenoxy) is 2. The van der Waals surface area contributed by atoms with Gasteiger partial charge in [0.1, 0.15) is 11.5 Å². The first-order valence-corrected chi connectivity index (χ1v) is 8.17. The zero-order valence-electron chi connectivity index (χ0n) is 12.5. The maximum atomic E-state index is 12.2. The lowest BCUT2D eigenvalue weighted by Gasteiger charge is -2.11. The van der Waals surface area contributed by atoms with E-state index in [1.165, 1.54) is 7.11 Å². The van der Waals surface area contributed by atoms with Crippen LogP contribution in [0.25, 0.3) is 0 Å². The zero-order chi connectivity index (χ0) is 17.8. The summed E-state index contributed by atoms with van der Waals surface area (Å²) in [6, 6.07) is 10.8. The van der Waals surface area contributed by atoms with Gasteiger partial charge in [-0.15, -0.1) is 13.2 Å². The highest BCUT2D eigenvalue weighted by molar-refractivity contribution is 7.89. The Labute approximate surface area is 137 Å². The molecular weight excluding hydrogens is 347 g/mol. The van der Waals surface area contributed by atoms with Gasteiger partial charge < -0.3 is 9.47 Å². The molecule has 1 N–H and O–H groups in total. The lowest BCUT2D eigenvalue weighted by atomic mass is 10.2. The second-order valence-electron chi connectivity index (χ2n) is 4.66. The number of nitrogens with one attached hydrogen (secondary N) is 1. The van der Waals surface area contributed by atoms with Gasteiger partial charge in [0.2, 0.25) is 10.0 Å². The summed E-state index contributed by atoms with van der Waals surface area (Å²) < 4.78 is 71.8. The molecule has 0 bridgehead atoms. The number of alkyl halides is 3. The van der Waals surface area contributed by atoms with Crippen molar-refractivity contribution in [2.75, 3.05) is 7.11 Å². The summed E-state index contributed by atoms with van der Waals surface area (Å²) in [5.41, 5.74) is 0.626. The molecule has 0 spiro atoms. The molecule has 0 radical (unpaired) electrons. The van der Waals surface area contributed by atoms with Crippen LogP contribution in [0.15, 0.2) is 53.4 Å². The highest BCUT2D eigenvalue weighted by Crippen LogP contribution is 2.24. The Balaban J connectivity index is 2.10. The van der Waals surface area contributed by atoms with Crippen molar-refractivity contribution >= 4 is 10.0 Å². The van der Waals surface area contributed by atoms with Crippen LogP contribution in [0.5, 0.6) is 11.5 Å². The van der Waals surface area contributed by atoms with Crippen molar-refractivity contribution in [1.29, 1.82) is 0 Å². The summed E-state index contributed by atoms with van der Waals surface area (Å²) in [6.07, 6.45) is -4.83. The lowest BCUT2D eigenvalue weighted by molar-refractivity contribution is -0.274. The smallest absolute Gasteiger partial charge is 0.496 e.